The molecule has 3 nitrogen and oxygen atoms in total. The van der Waals surface area contributed by atoms with Crippen molar-refractivity contribution in [1.29, 1.82) is 0 Å². The number of hydrogen-bond acceptors (Lipinski definition) is 2. The van der Waals surface area contributed by atoms with Crippen molar-refractivity contribution in [3.05, 3.63) is 48.5 Å². The van der Waals surface area contributed by atoms with E-state index in [9.17, 15) is 0 Å². The number of imidazole rings is 1. The molecule has 0 radical (unpaired) electrons. The summed E-state index contributed by atoms with van der Waals surface area (Å²) in [5, 5.41) is 3.74. The molecule has 1 aliphatic carbocycles. The van der Waals surface area contributed by atoms with Crippen molar-refractivity contribution >= 4 is 5.69 Å². The number of hydrogen-bond donors (Lipinski definition) is 1. The molecule has 2 aromatic rings. The van der Waals surface area contributed by atoms with E-state index in [2.05, 4.69) is 46.1 Å². The predicted octanol–water partition coefficient (Wildman–Crippen LogP) is 4.31. The first-order valence-corrected chi connectivity index (χ1v) is 8.14. The van der Waals surface area contributed by atoms with E-state index in [1.807, 2.05) is 18.7 Å². The summed E-state index contributed by atoms with van der Waals surface area (Å²) in [5.74, 6) is 0.908. The maximum absolute atomic E-state index is 4.10. The molecular weight excluding hydrogens is 258 g/mol. The maximum atomic E-state index is 4.10. The molecule has 1 aliphatic rings. The Morgan fingerprint density at radius 2 is 2.29 bits per heavy atom. The molecule has 1 N–H and O–H groups in total. The lowest BCUT2D eigenvalue weighted by molar-refractivity contribution is 0.327. The number of benzene rings is 1. The summed E-state index contributed by atoms with van der Waals surface area (Å²) in [5.41, 5.74) is 2.58. The standard InChI is InChI=1S/C18H25N3/c1-2-15-5-3-7-17(11-15)20-18-8-4-6-16(12-18)13-21-10-9-19-14-21/h4,6,8-10,12,14-15,17,20H,2-3,5,7,11,13H2,1H3. The number of nitrogens with one attached hydrogen (secondary N) is 1. The van der Waals surface area contributed by atoms with Crippen molar-refractivity contribution in [2.75, 3.05) is 5.32 Å². The van der Waals surface area contributed by atoms with E-state index in [1.165, 1.54) is 43.4 Å². The smallest absolute Gasteiger partial charge is 0.0949 e. The van der Waals surface area contributed by atoms with Gasteiger partial charge in [-0.3, -0.25) is 0 Å². The van der Waals surface area contributed by atoms with Gasteiger partial charge >= 0.3 is 0 Å². The summed E-state index contributed by atoms with van der Waals surface area (Å²) in [4.78, 5) is 4.10. The minimum atomic E-state index is 0.646. The van der Waals surface area contributed by atoms with Crippen LogP contribution in [-0.2, 0) is 6.54 Å². The first kappa shape index (κ1) is 14.2. The van der Waals surface area contributed by atoms with Gasteiger partial charge < -0.3 is 9.88 Å². The summed E-state index contributed by atoms with van der Waals surface area (Å²) in [6, 6.07) is 9.44. The van der Waals surface area contributed by atoms with Gasteiger partial charge in [0, 0.05) is 30.7 Å². The molecule has 3 rings (SSSR count). The number of rotatable bonds is 5. The van der Waals surface area contributed by atoms with Gasteiger partial charge in [0.15, 0.2) is 0 Å². The third kappa shape index (κ3) is 3.87. The van der Waals surface area contributed by atoms with E-state index in [0.717, 1.165) is 12.5 Å². The molecular formula is C18H25N3. The fourth-order valence-electron chi connectivity index (χ4n) is 3.38. The average molecular weight is 283 g/mol. The zero-order valence-electron chi connectivity index (χ0n) is 12.8. The minimum Gasteiger partial charge on any atom is -0.382 e. The van der Waals surface area contributed by atoms with E-state index < -0.39 is 0 Å². The Morgan fingerprint density at radius 1 is 1.33 bits per heavy atom. The van der Waals surface area contributed by atoms with Crippen molar-refractivity contribution in [3.63, 3.8) is 0 Å². The third-order valence-electron chi connectivity index (χ3n) is 4.58. The van der Waals surface area contributed by atoms with Gasteiger partial charge in [0.1, 0.15) is 0 Å². The fraction of sp³-hybridized carbons (Fsp3) is 0.500. The third-order valence-corrected chi connectivity index (χ3v) is 4.58. The lowest BCUT2D eigenvalue weighted by atomic mass is 9.84. The highest BCUT2D eigenvalue weighted by Gasteiger charge is 2.20. The van der Waals surface area contributed by atoms with Gasteiger partial charge in [0.05, 0.1) is 6.33 Å². The van der Waals surface area contributed by atoms with E-state index >= 15 is 0 Å². The molecule has 112 valence electrons. The Labute approximate surface area is 127 Å². The lowest BCUT2D eigenvalue weighted by Crippen LogP contribution is -2.27. The predicted molar refractivity (Wildman–Crippen MR) is 87.4 cm³/mol. The summed E-state index contributed by atoms with van der Waals surface area (Å²) in [6.07, 6.45) is 12.4. The van der Waals surface area contributed by atoms with Gasteiger partial charge in [-0.25, -0.2) is 4.98 Å². The quantitative estimate of drug-likeness (QED) is 0.886. The number of anilines is 1. The fourth-order valence-corrected chi connectivity index (χ4v) is 3.38. The Hall–Kier alpha value is -1.77. The van der Waals surface area contributed by atoms with Crippen molar-refractivity contribution in [2.24, 2.45) is 5.92 Å². The van der Waals surface area contributed by atoms with Crippen LogP contribution in [0.3, 0.4) is 0 Å². The lowest BCUT2D eigenvalue weighted by Gasteiger charge is -2.30. The number of aromatic nitrogens is 2. The molecule has 0 saturated heterocycles. The molecule has 0 amide bonds. The van der Waals surface area contributed by atoms with Crippen LogP contribution >= 0.6 is 0 Å². The van der Waals surface area contributed by atoms with E-state index in [0.29, 0.717) is 6.04 Å². The van der Waals surface area contributed by atoms with Gasteiger partial charge in [-0.1, -0.05) is 38.3 Å². The zero-order valence-corrected chi connectivity index (χ0v) is 12.8. The monoisotopic (exact) mass is 283 g/mol. The largest absolute Gasteiger partial charge is 0.382 e. The van der Waals surface area contributed by atoms with Crippen LogP contribution in [0.25, 0.3) is 0 Å². The van der Waals surface area contributed by atoms with Crippen molar-refractivity contribution in [1.82, 2.24) is 9.55 Å². The van der Waals surface area contributed by atoms with Crippen LogP contribution in [-0.4, -0.2) is 15.6 Å². The van der Waals surface area contributed by atoms with E-state index in [-0.39, 0.29) is 0 Å². The molecule has 1 heterocycles. The van der Waals surface area contributed by atoms with Crippen LogP contribution in [0.5, 0.6) is 0 Å². The van der Waals surface area contributed by atoms with E-state index in [1.54, 1.807) is 0 Å². The molecule has 1 aromatic heterocycles. The summed E-state index contributed by atoms with van der Waals surface area (Å²) >= 11 is 0. The highest BCUT2D eigenvalue weighted by atomic mass is 15.0. The molecule has 1 fully saturated rings. The Kier molecular flexibility index (Phi) is 4.59. The Balaban J connectivity index is 1.63. The van der Waals surface area contributed by atoms with Crippen molar-refractivity contribution < 1.29 is 0 Å². The second-order valence-electron chi connectivity index (χ2n) is 6.22. The molecule has 2 atom stereocenters. The van der Waals surface area contributed by atoms with Crippen molar-refractivity contribution in [3.8, 4) is 0 Å². The molecule has 3 heteroatoms. The van der Waals surface area contributed by atoms with Crippen LogP contribution in [0.15, 0.2) is 43.0 Å². The molecule has 0 bridgehead atoms. The molecule has 0 spiro atoms. The number of nitrogens with zero attached hydrogens (tertiary/aromatic N) is 2. The van der Waals surface area contributed by atoms with Gasteiger partial charge in [0.2, 0.25) is 0 Å². The molecule has 2 unspecified atom stereocenters. The van der Waals surface area contributed by atoms with Gasteiger partial charge in [0.25, 0.3) is 0 Å². The second-order valence-corrected chi connectivity index (χ2v) is 6.22. The minimum absolute atomic E-state index is 0.646. The zero-order chi connectivity index (χ0) is 14.5. The summed E-state index contributed by atoms with van der Waals surface area (Å²) < 4.78 is 2.10. The van der Waals surface area contributed by atoms with Gasteiger partial charge in [-0.15, -0.1) is 0 Å². The van der Waals surface area contributed by atoms with Crippen LogP contribution in [0.2, 0.25) is 0 Å². The first-order valence-electron chi connectivity index (χ1n) is 8.14. The molecule has 0 aliphatic heterocycles. The van der Waals surface area contributed by atoms with E-state index in [4.69, 9.17) is 0 Å². The van der Waals surface area contributed by atoms with Gasteiger partial charge in [-0.2, -0.15) is 0 Å². The van der Waals surface area contributed by atoms with Gasteiger partial charge in [-0.05, 0) is 36.5 Å². The van der Waals surface area contributed by atoms with Crippen LogP contribution in [0.4, 0.5) is 5.69 Å². The second kappa shape index (κ2) is 6.79. The molecule has 1 saturated carbocycles. The van der Waals surface area contributed by atoms with Crippen LogP contribution in [0, 0.1) is 5.92 Å². The average Bonchev–Trinajstić information content (AvgIpc) is 3.01. The molecule has 1 aromatic carbocycles. The highest BCUT2D eigenvalue weighted by Crippen LogP contribution is 2.28. The highest BCUT2D eigenvalue weighted by molar-refractivity contribution is 5.46. The first-order chi connectivity index (χ1) is 10.3. The Bertz CT molecular complexity index is 547. The van der Waals surface area contributed by atoms with Crippen LogP contribution < -0.4 is 5.32 Å². The normalized spacial score (nSPS) is 22.1. The summed E-state index contributed by atoms with van der Waals surface area (Å²) in [6.45, 7) is 3.20. The topological polar surface area (TPSA) is 29.9 Å². The Morgan fingerprint density at radius 3 is 3.10 bits per heavy atom. The maximum Gasteiger partial charge on any atom is 0.0949 e. The SMILES string of the molecule is CCC1CCCC(Nc2cccc(Cn3ccnc3)c2)C1. The molecule has 21 heavy (non-hydrogen) atoms. The van der Waals surface area contributed by atoms with Crippen LogP contribution in [0.1, 0.15) is 44.6 Å². The van der Waals surface area contributed by atoms with Crippen molar-refractivity contribution in [2.45, 2.75) is 51.6 Å². The summed E-state index contributed by atoms with van der Waals surface area (Å²) in [7, 11) is 0.